The van der Waals surface area contributed by atoms with Crippen LogP contribution in [0.5, 0.6) is 17.2 Å². The molecule has 142 valence electrons. The highest BCUT2D eigenvalue weighted by Gasteiger charge is 2.08. The molecule has 0 saturated carbocycles. The molecule has 0 heterocycles. The van der Waals surface area contributed by atoms with Crippen LogP contribution in [0.25, 0.3) is 6.08 Å². The average molecular weight is 370 g/mol. The lowest BCUT2D eigenvalue weighted by molar-refractivity contribution is -0.128. The Hall–Kier alpha value is -3.28. The maximum absolute atomic E-state index is 12.0. The fraction of sp³-hybridized carbons (Fsp3) is 0.238. The molecule has 0 aliphatic heterocycles. The highest BCUT2D eigenvalue weighted by molar-refractivity contribution is 5.90. The van der Waals surface area contributed by atoms with Gasteiger partial charge in [-0.2, -0.15) is 0 Å². The van der Waals surface area contributed by atoms with Crippen LogP contribution in [0.15, 0.2) is 48.5 Å². The molecule has 0 unspecified atom stereocenters. The summed E-state index contributed by atoms with van der Waals surface area (Å²) in [6, 6.07) is 11.5. The van der Waals surface area contributed by atoms with Crippen molar-refractivity contribution in [3.8, 4) is 17.2 Å². The zero-order chi connectivity index (χ0) is 19.8. The van der Waals surface area contributed by atoms with Gasteiger partial charge in [0.2, 0.25) is 0 Å². The summed E-state index contributed by atoms with van der Waals surface area (Å²) in [6.07, 6.45) is 2.96. The van der Waals surface area contributed by atoms with E-state index in [1.807, 2.05) is 19.9 Å². The number of esters is 2. The first-order valence-electron chi connectivity index (χ1n) is 8.36. The molecule has 0 N–H and O–H groups in total. The molecule has 0 spiro atoms. The molecule has 6 nitrogen and oxygen atoms in total. The van der Waals surface area contributed by atoms with Gasteiger partial charge in [-0.25, -0.2) is 9.59 Å². The van der Waals surface area contributed by atoms with Gasteiger partial charge in [-0.15, -0.1) is 0 Å². The summed E-state index contributed by atoms with van der Waals surface area (Å²) >= 11 is 0. The lowest BCUT2D eigenvalue weighted by atomic mass is 10.2. The average Bonchev–Trinajstić information content (AvgIpc) is 2.66. The van der Waals surface area contributed by atoms with E-state index in [4.69, 9.17) is 14.2 Å². The zero-order valence-corrected chi connectivity index (χ0v) is 15.7. The lowest BCUT2D eigenvalue weighted by Crippen LogP contribution is -2.06. The molecule has 2 rings (SSSR count). The van der Waals surface area contributed by atoms with Crippen LogP contribution in [0, 0.1) is 0 Å². The molecule has 0 radical (unpaired) electrons. The second kappa shape index (κ2) is 9.43. The third kappa shape index (κ3) is 5.88. The Balaban J connectivity index is 2.02. The van der Waals surface area contributed by atoms with Gasteiger partial charge in [-0.05, 0) is 61.9 Å². The largest absolute Gasteiger partial charge is 0.493 e. The van der Waals surface area contributed by atoms with E-state index in [1.165, 1.54) is 37.5 Å². The molecule has 0 aliphatic rings. The monoisotopic (exact) mass is 370 g/mol. The molecule has 0 bridgehead atoms. The van der Waals surface area contributed by atoms with Crippen LogP contribution in [0.4, 0.5) is 0 Å². The Morgan fingerprint density at radius 1 is 0.963 bits per heavy atom. The van der Waals surface area contributed by atoms with Crippen LogP contribution in [0.3, 0.4) is 0 Å². The van der Waals surface area contributed by atoms with Gasteiger partial charge in [0.15, 0.2) is 11.5 Å². The summed E-state index contributed by atoms with van der Waals surface area (Å²) in [4.78, 5) is 23.4. The van der Waals surface area contributed by atoms with Gasteiger partial charge >= 0.3 is 11.9 Å². The van der Waals surface area contributed by atoms with E-state index < -0.39 is 11.9 Å². The summed E-state index contributed by atoms with van der Waals surface area (Å²) in [6.45, 7) is 3.86. The molecule has 2 aromatic rings. The van der Waals surface area contributed by atoms with Crippen LogP contribution in [-0.4, -0.2) is 32.3 Å². The Morgan fingerprint density at radius 2 is 1.67 bits per heavy atom. The molecule has 0 atom stereocenters. The van der Waals surface area contributed by atoms with Crippen molar-refractivity contribution in [1.29, 1.82) is 0 Å². The third-order valence-corrected chi connectivity index (χ3v) is 3.46. The third-order valence-electron chi connectivity index (χ3n) is 3.46. The maximum Gasteiger partial charge on any atom is 0.337 e. The van der Waals surface area contributed by atoms with Gasteiger partial charge in [0.05, 0.1) is 25.9 Å². The number of rotatable bonds is 7. The summed E-state index contributed by atoms with van der Waals surface area (Å²) in [5.74, 6) is 0.556. The Bertz CT molecular complexity index is 821. The van der Waals surface area contributed by atoms with Crippen LogP contribution in [0.2, 0.25) is 0 Å². The molecule has 0 aromatic heterocycles. The van der Waals surface area contributed by atoms with E-state index in [-0.39, 0.29) is 6.10 Å². The first-order valence-corrected chi connectivity index (χ1v) is 8.36. The molecular formula is C21H22O6. The van der Waals surface area contributed by atoms with Crippen molar-refractivity contribution < 1.29 is 28.5 Å². The number of benzene rings is 2. The number of ether oxygens (including phenoxy) is 4. The van der Waals surface area contributed by atoms with Crippen LogP contribution in [0.1, 0.15) is 29.8 Å². The van der Waals surface area contributed by atoms with Gasteiger partial charge in [0, 0.05) is 6.08 Å². The Labute approximate surface area is 158 Å². The molecule has 0 fully saturated rings. The van der Waals surface area contributed by atoms with E-state index in [0.29, 0.717) is 22.8 Å². The number of carbonyl (C=O) groups excluding carboxylic acids is 2. The van der Waals surface area contributed by atoms with Crippen molar-refractivity contribution in [3.05, 3.63) is 59.7 Å². The number of hydrogen-bond donors (Lipinski definition) is 0. The van der Waals surface area contributed by atoms with E-state index in [9.17, 15) is 9.59 Å². The normalized spacial score (nSPS) is 10.7. The zero-order valence-electron chi connectivity index (χ0n) is 15.7. The highest BCUT2D eigenvalue weighted by atomic mass is 16.5. The molecular weight excluding hydrogens is 348 g/mol. The van der Waals surface area contributed by atoms with Crippen molar-refractivity contribution in [2.75, 3.05) is 14.2 Å². The lowest BCUT2D eigenvalue weighted by Gasteiger charge is -2.13. The van der Waals surface area contributed by atoms with Crippen LogP contribution < -0.4 is 14.2 Å². The van der Waals surface area contributed by atoms with Crippen molar-refractivity contribution in [2.24, 2.45) is 0 Å². The van der Waals surface area contributed by atoms with E-state index in [2.05, 4.69) is 4.74 Å². The first-order chi connectivity index (χ1) is 12.9. The number of hydrogen-bond acceptors (Lipinski definition) is 6. The number of carbonyl (C=O) groups is 2. The summed E-state index contributed by atoms with van der Waals surface area (Å²) in [7, 11) is 2.86. The second-order valence-corrected chi connectivity index (χ2v) is 5.85. The molecule has 6 heteroatoms. The van der Waals surface area contributed by atoms with Crippen molar-refractivity contribution >= 4 is 18.0 Å². The molecule has 0 amide bonds. The van der Waals surface area contributed by atoms with Gasteiger partial charge in [0.1, 0.15) is 5.75 Å². The van der Waals surface area contributed by atoms with Gasteiger partial charge < -0.3 is 18.9 Å². The fourth-order valence-electron chi connectivity index (χ4n) is 2.23. The second-order valence-electron chi connectivity index (χ2n) is 5.85. The Morgan fingerprint density at radius 3 is 2.26 bits per heavy atom. The van der Waals surface area contributed by atoms with Crippen molar-refractivity contribution in [2.45, 2.75) is 20.0 Å². The minimum atomic E-state index is -0.540. The van der Waals surface area contributed by atoms with Crippen molar-refractivity contribution in [3.63, 3.8) is 0 Å². The first kappa shape index (κ1) is 20.0. The van der Waals surface area contributed by atoms with Crippen LogP contribution >= 0.6 is 0 Å². The summed E-state index contributed by atoms with van der Waals surface area (Å²) in [5.41, 5.74) is 1.14. The van der Waals surface area contributed by atoms with E-state index in [0.717, 1.165) is 5.56 Å². The standard InChI is InChI=1S/C21H22O6/c1-14(2)26-18-11-5-15(13-19(18)24-3)6-12-20(22)27-17-9-7-16(8-10-17)21(23)25-4/h5-14H,1-4H3/b12-6+. The predicted octanol–water partition coefficient (Wildman–Crippen LogP) is 3.89. The van der Waals surface area contributed by atoms with Crippen LogP contribution in [-0.2, 0) is 9.53 Å². The molecule has 0 aliphatic carbocycles. The minimum Gasteiger partial charge on any atom is -0.493 e. The van der Waals surface area contributed by atoms with Gasteiger partial charge in [-0.1, -0.05) is 6.07 Å². The van der Waals surface area contributed by atoms with E-state index >= 15 is 0 Å². The molecule has 27 heavy (non-hydrogen) atoms. The fourth-order valence-corrected chi connectivity index (χ4v) is 2.23. The quantitative estimate of drug-likeness (QED) is 0.418. The minimum absolute atomic E-state index is 0.0286. The maximum atomic E-state index is 12.0. The number of methoxy groups -OCH3 is 2. The molecule has 2 aromatic carbocycles. The van der Waals surface area contributed by atoms with Crippen molar-refractivity contribution in [1.82, 2.24) is 0 Å². The smallest absolute Gasteiger partial charge is 0.337 e. The summed E-state index contributed by atoms with van der Waals surface area (Å²) in [5, 5.41) is 0. The highest BCUT2D eigenvalue weighted by Crippen LogP contribution is 2.29. The van der Waals surface area contributed by atoms with E-state index in [1.54, 1.807) is 25.3 Å². The van der Waals surface area contributed by atoms with Gasteiger partial charge in [0.25, 0.3) is 0 Å². The molecule has 0 saturated heterocycles. The SMILES string of the molecule is COC(=O)c1ccc(OC(=O)/C=C/c2ccc(OC(C)C)c(OC)c2)cc1. The topological polar surface area (TPSA) is 71.1 Å². The Kier molecular flexibility index (Phi) is 7.00. The van der Waals surface area contributed by atoms with Gasteiger partial charge in [-0.3, -0.25) is 0 Å². The summed E-state index contributed by atoms with van der Waals surface area (Å²) < 4.78 is 20.8. The predicted molar refractivity (Wildman–Crippen MR) is 101 cm³/mol.